The van der Waals surface area contributed by atoms with E-state index in [1.165, 1.54) is 19.3 Å². The third kappa shape index (κ3) is 9.21. The van der Waals surface area contributed by atoms with Crippen LogP contribution in [0.15, 0.2) is 48.5 Å². The maximum absolute atomic E-state index is 13.7. The first kappa shape index (κ1) is 36.4. The molecule has 258 valence electrons. The number of carbonyl (C=O) groups excluding carboxylic acids is 2. The average molecular weight is 709 g/mol. The molecule has 7 unspecified atom stereocenters. The summed E-state index contributed by atoms with van der Waals surface area (Å²) in [7, 11) is 0. The molecule has 1 aliphatic carbocycles. The standard InChI is InChI=1S/C36H48Cl3N3O5/c1-22-30(20-42-28-8-6-5-7-25(28)17-18-29(42)32(44)41-35(2,3)4)46-33(47-31(22)26-13-11-24(21-43)12-14-26)27-15-9-23(10-16-27)19-40-34(45)36(37,38)39/h9-16,22,25,28-31,33,43H,5-8,17-21H2,1-4H3,(H,40,45)(H,41,44). The largest absolute Gasteiger partial charge is 0.392 e. The maximum atomic E-state index is 13.7. The lowest BCUT2D eigenvalue weighted by Crippen LogP contribution is -2.61. The van der Waals surface area contributed by atoms with Crippen LogP contribution in [0.3, 0.4) is 0 Å². The molecule has 3 aliphatic rings. The molecule has 2 heterocycles. The summed E-state index contributed by atoms with van der Waals surface area (Å²) in [6.45, 7) is 9.05. The van der Waals surface area contributed by atoms with Gasteiger partial charge in [-0.05, 0) is 69.1 Å². The smallest absolute Gasteiger partial charge is 0.272 e. The Morgan fingerprint density at radius 1 is 0.894 bits per heavy atom. The molecule has 3 fully saturated rings. The Morgan fingerprint density at radius 2 is 1.53 bits per heavy atom. The molecule has 5 rings (SSSR count). The van der Waals surface area contributed by atoms with Gasteiger partial charge in [-0.25, -0.2) is 0 Å². The van der Waals surface area contributed by atoms with Crippen molar-refractivity contribution in [3.63, 3.8) is 0 Å². The molecule has 2 saturated heterocycles. The van der Waals surface area contributed by atoms with Gasteiger partial charge in [0.05, 0.1) is 24.9 Å². The van der Waals surface area contributed by atoms with Crippen LogP contribution in [0.25, 0.3) is 0 Å². The van der Waals surface area contributed by atoms with Gasteiger partial charge in [0.1, 0.15) is 0 Å². The summed E-state index contributed by atoms with van der Waals surface area (Å²) in [6.07, 6.45) is 5.48. The highest BCUT2D eigenvalue weighted by Crippen LogP contribution is 2.44. The number of hydrogen-bond donors (Lipinski definition) is 3. The topological polar surface area (TPSA) is 100 Å². The quantitative estimate of drug-likeness (QED) is 0.258. The number of amides is 2. The Bertz CT molecular complexity index is 1360. The van der Waals surface area contributed by atoms with Crippen molar-refractivity contribution in [3.05, 3.63) is 70.8 Å². The van der Waals surface area contributed by atoms with E-state index in [4.69, 9.17) is 44.3 Å². The van der Waals surface area contributed by atoms with Crippen LogP contribution < -0.4 is 10.6 Å². The van der Waals surface area contributed by atoms with E-state index in [-0.39, 0.29) is 48.8 Å². The number of nitrogens with one attached hydrogen (secondary N) is 2. The van der Waals surface area contributed by atoms with Crippen molar-refractivity contribution >= 4 is 46.6 Å². The highest BCUT2D eigenvalue weighted by molar-refractivity contribution is 6.76. The van der Waals surface area contributed by atoms with Crippen molar-refractivity contribution in [2.75, 3.05) is 6.54 Å². The summed E-state index contributed by atoms with van der Waals surface area (Å²) >= 11 is 17.1. The summed E-state index contributed by atoms with van der Waals surface area (Å²) in [5.41, 5.74) is 3.20. The molecule has 47 heavy (non-hydrogen) atoms. The Labute approximate surface area is 293 Å². The highest BCUT2D eigenvalue weighted by Gasteiger charge is 2.46. The molecular weight excluding hydrogens is 661 g/mol. The minimum Gasteiger partial charge on any atom is -0.392 e. The number of aliphatic hydroxyl groups is 1. The van der Waals surface area contributed by atoms with Crippen molar-refractivity contribution in [1.82, 2.24) is 15.5 Å². The number of fused-ring (bicyclic) bond motifs is 1. The molecule has 2 amide bonds. The van der Waals surface area contributed by atoms with E-state index >= 15 is 0 Å². The number of alkyl halides is 3. The monoisotopic (exact) mass is 707 g/mol. The van der Waals surface area contributed by atoms with E-state index in [1.54, 1.807) is 0 Å². The van der Waals surface area contributed by atoms with Gasteiger partial charge in [-0.2, -0.15) is 0 Å². The molecule has 7 atom stereocenters. The summed E-state index contributed by atoms with van der Waals surface area (Å²) in [4.78, 5) is 28.2. The number of halogens is 3. The third-order valence-corrected chi connectivity index (χ3v) is 10.3. The van der Waals surface area contributed by atoms with Gasteiger partial charge in [-0.1, -0.05) is 103 Å². The van der Waals surface area contributed by atoms with Gasteiger partial charge in [0, 0.05) is 36.2 Å². The molecule has 0 spiro atoms. The fourth-order valence-electron chi connectivity index (χ4n) is 7.34. The predicted molar refractivity (Wildman–Crippen MR) is 185 cm³/mol. The van der Waals surface area contributed by atoms with Crippen LogP contribution in [0, 0.1) is 11.8 Å². The van der Waals surface area contributed by atoms with Crippen molar-refractivity contribution in [3.8, 4) is 0 Å². The Kier molecular flexibility index (Phi) is 11.9. The average Bonchev–Trinajstić information content (AvgIpc) is 3.03. The Morgan fingerprint density at radius 3 is 2.17 bits per heavy atom. The second kappa shape index (κ2) is 15.3. The first-order valence-electron chi connectivity index (χ1n) is 16.8. The minimum atomic E-state index is -2.03. The van der Waals surface area contributed by atoms with E-state index < -0.39 is 16.0 Å². The molecule has 1 saturated carbocycles. The molecule has 2 aromatic rings. The molecule has 2 aromatic carbocycles. The zero-order valence-corrected chi connectivity index (χ0v) is 30.0. The molecule has 11 heteroatoms. The van der Waals surface area contributed by atoms with Gasteiger partial charge < -0.3 is 25.2 Å². The number of nitrogens with zero attached hydrogens (tertiary/aromatic N) is 1. The first-order chi connectivity index (χ1) is 22.2. The molecule has 0 aromatic heterocycles. The fraction of sp³-hybridized carbons (Fsp3) is 0.611. The highest BCUT2D eigenvalue weighted by atomic mass is 35.6. The van der Waals surface area contributed by atoms with Crippen LogP contribution in [-0.2, 0) is 32.2 Å². The van der Waals surface area contributed by atoms with Gasteiger partial charge in [0.15, 0.2) is 6.29 Å². The summed E-state index contributed by atoms with van der Waals surface area (Å²) in [6, 6.07) is 15.7. The lowest BCUT2D eigenvalue weighted by molar-refractivity contribution is -0.278. The van der Waals surface area contributed by atoms with Crippen LogP contribution in [0.1, 0.15) is 101 Å². The number of likely N-dealkylation sites (tertiary alicyclic amines) is 1. The van der Waals surface area contributed by atoms with Crippen LogP contribution in [0.5, 0.6) is 0 Å². The molecule has 0 radical (unpaired) electrons. The SMILES string of the molecule is CC1C(CN2C(C(=O)NC(C)(C)C)CCC3CCCCC32)OC(c2ccc(CNC(=O)C(Cl)(Cl)Cl)cc2)OC1c1ccc(CO)cc1. The summed E-state index contributed by atoms with van der Waals surface area (Å²) in [5, 5.41) is 15.5. The zero-order chi connectivity index (χ0) is 33.9. The van der Waals surface area contributed by atoms with Crippen LogP contribution in [0.2, 0.25) is 0 Å². The lowest BCUT2D eigenvalue weighted by atomic mass is 9.75. The lowest BCUT2D eigenvalue weighted by Gasteiger charge is -2.51. The summed E-state index contributed by atoms with van der Waals surface area (Å²) < 4.78 is 11.5. The number of piperidine rings is 1. The van der Waals surface area contributed by atoms with Gasteiger partial charge in [0.2, 0.25) is 5.91 Å². The van der Waals surface area contributed by atoms with Crippen LogP contribution in [-0.4, -0.2) is 55.9 Å². The first-order valence-corrected chi connectivity index (χ1v) is 17.9. The second-order valence-corrected chi connectivity index (χ2v) is 16.7. The Balaban J connectivity index is 1.41. The van der Waals surface area contributed by atoms with Crippen LogP contribution >= 0.6 is 34.8 Å². The number of aliphatic hydroxyl groups excluding tert-OH is 1. The van der Waals surface area contributed by atoms with Crippen molar-refractivity contribution in [1.29, 1.82) is 0 Å². The van der Waals surface area contributed by atoms with E-state index in [0.29, 0.717) is 18.5 Å². The molecular formula is C36H48Cl3N3O5. The van der Waals surface area contributed by atoms with Gasteiger partial charge in [-0.3, -0.25) is 14.5 Å². The maximum Gasteiger partial charge on any atom is 0.272 e. The second-order valence-electron chi connectivity index (χ2n) is 14.4. The summed E-state index contributed by atoms with van der Waals surface area (Å²) in [5.74, 6) is -0.0288. The van der Waals surface area contributed by atoms with Gasteiger partial charge >= 0.3 is 0 Å². The van der Waals surface area contributed by atoms with Crippen molar-refractivity contribution < 1.29 is 24.2 Å². The van der Waals surface area contributed by atoms with Crippen LogP contribution in [0.4, 0.5) is 0 Å². The van der Waals surface area contributed by atoms with E-state index in [2.05, 4.69) is 22.5 Å². The molecule has 3 N–H and O–H groups in total. The molecule has 2 aliphatic heterocycles. The zero-order valence-electron chi connectivity index (χ0n) is 27.7. The fourth-order valence-corrected chi connectivity index (χ4v) is 7.54. The third-order valence-electron chi connectivity index (χ3n) is 9.78. The predicted octanol–water partition coefficient (Wildman–Crippen LogP) is 6.89. The molecule has 0 bridgehead atoms. The van der Waals surface area contributed by atoms with E-state index in [1.807, 2.05) is 69.3 Å². The van der Waals surface area contributed by atoms with Crippen molar-refractivity contribution in [2.45, 2.75) is 119 Å². The van der Waals surface area contributed by atoms with E-state index in [9.17, 15) is 14.7 Å². The number of rotatable bonds is 8. The number of ether oxygens (including phenoxy) is 2. The number of hydrogen-bond acceptors (Lipinski definition) is 6. The van der Waals surface area contributed by atoms with Gasteiger partial charge in [-0.15, -0.1) is 0 Å². The van der Waals surface area contributed by atoms with Crippen molar-refractivity contribution in [2.24, 2.45) is 11.8 Å². The molecule has 8 nitrogen and oxygen atoms in total. The number of benzene rings is 2. The minimum absolute atomic E-state index is 0.0158. The normalized spacial score (nSPS) is 28.7. The number of carbonyl (C=O) groups is 2. The Hall–Kier alpha value is -1.91. The van der Waals surface area contributed by atoms with Gasteiger partial charge in [0.25, 0.3) is 9.70 Å². The van der Waals surface area contributed by atoms with E-state index in [0.717, 1.165) is 41.5 Å².